The van der Waals surface area contributed by atoms with E-state index in [0.29, 0.717) is 6.61 Å². The van der Waals surface area contributed by atoms with Gasteiger partial charge in [-0.1, -0.05) is 13.8 Å². The van der Waals surface area contributed by atoms with Crippen LogP contribution < -0.4 is 0 Å². The molecule has 78 valence electrons. The van der Waals surface area contributed by atoms with Crippen LogP contribution in [-0.2, 0) is 4.74 Å². The van der Waals surface area contributed by atoms with Gasteiger partial charge in [-0.15, -0.1) is 0 Å². The molecular formula is C10H21NO2. The number of hydrogen-bond donors (Lipinski definition) is 1. The van der Waals surface area contributed by atoms with Gasteiger partial charge in [0.25, 0.3) is 0 Å². The predicted molar refractivity (Wildman–Crippen MR) is 52.8 cm³/mol. The molecule has 0 aromatic carbocycles. The monoisotopic (exact) mass is 187 g/mol. The molecule has 0 aromatic rings. The molecule has 0 aromatic heterocycles. The Morgan fingerprint density at radius 3 is 2.46 bits per heavy atom. The highest BCUT2D eigenvalue weighted by Crippen LogP contribution is 2.26. The Labute approximate surface area is 80.7 Å². The highest BCUT2D eigenvalue weighted by Gasteiger charge is 2.40. The summed E-state index contributed by atoms with van der Waals surface area (Å²) in [5, 5.41) is 10.2. The fourth-order valence-corrected chi connectivity index (χ4v) is 1.81. The summed E-state index contributed by atoms with van der Waals surface area (Å²) in [5.74, 6) is 0. The summed E-state index contributed by atoms with van der Waals surface area (Å²) in [4.78, 5) is 2.24. The molecule has 1 saturated heterocycles. The van der Waals surface area contributed by atoms with Crippen molar-refractivity contribution in [3.63, 3.8) is 0 Å². The van der Waals surface area contributed by atoms with E-state index in [2.05, 4.69) is 18.7 Å². The minimum Gasteiger partial charge on any atom is -0.386 e. The first-order valence-corrected chi connectivity index (χ1v) is 5.18. The molecule has 1 aliphatic rings. The van der Waals surface area contributed by atoms with Crippen molar-refractivity contribution in [1.82, 2.24) is 4.90 Å². The maximum absolute atomic E-state index is 10.2. The third-order valence-electron chi connectivity index (χ3n) is 3.05. The Kier molecular flexibility index (Phi) is 3.71. The normalized spacial score (nSPS) is 34.4. The zero-order chi connectivity index (χ0) is 9.90. The van der Waals surface area contributed by atoms with Gasteiger partial charge in [-0.25, -0.2) is 0 Å². The SMILES string of the molecule is CCN(CC)CC1(O)CCOC1C. The van der Waals surface area contributed by atoms with Gasteiger partial charge in [-0.05, 0) is 20.0 Å². The molecule has 1 fully saturated rings. The molecule has 2 unspecified atom stereocenters. The highest BCUT2D eigenvalue weighted by atomic mass is 16.5. The minimum absolute atomic E-state index is 0.0203. The Morgan fingerprint density at radius 1 is 1.46 bits per heavy atom. The predicted octanol–water partition coefficient (Wildman–Crippen LogP) is 0.868. The summed E-state index contributed by atoms with van der Waals surface area (Å²) >= 11 is 0. The van der Waals surface area contributed by atoms with Crippen LogP contribution in [0, 0.1) is 0 Å². The summed E-state index contributed by atoms with van der Waals surface area (Å²) in [6.45, 7) is 9.61. The Hall–Kier alpha value is -0.120. The van der Waals surface area contributed by atoms with Gasteiger partial charge in [0.05, 0.1) is 6.10 Å². The summed E-state index contributed by atoms with van der Waals surface area (Å²) < 4.78 is 5.38. The van der Waals surface area contributed by atoms with E-state index in [-0.39, 0.29) is 6.10 Å². The fourth-order valence-electron chi connectivity index (χ4n) is 1.81. The molecule has 13 heavy (non-hydrogen) atoms. The zero-order valence-corrected chi connectivity index (χ0v) is 8.92. The molecule has 1 N–H and O–H groups in total. The van der Waals surface area contributed by atoms with Crippen molar-refractivity contribution in [2.75, 3.05) is 26.2 Å². The van der Waals surface area contributed by atoms with Crippen molar-refractivity contribution in [1.29, 1.82) is 0 Å². The average molecular weight is 187 g/mol. The summed E-state index contributed by atoms with van der Waals surface area (Å²) in [7, 11) is 0. The first kappa shape index (κ1) is 11.0. The molecule has 3 nitrogen and oxygen atoms in total. The van der Waals surface area contributed by atoms with Gasteiger partial charge in [0.1, 0.15) is 5.60 Å². The molecule has 1 heterocycles. The van der Waals surface area contributed by atoms with Crippen molar-refractivity contribution < 1.29 is 9.84 Å². The topological polar surface area (TPSA) is 32.7 Å². The van der Waals surface area contributed by atoms with E-state index in [9.17, 15) is 5.11 Å². The number of rotatable bonds is 4. The number of aliphatic hydroxyl groups is 1. The molecular weight excluding hydrogens is 166 g/mol. The molecule has 0 spiro atoms. The van der Waals surface area contributed by atoms with E-state index in [1.807, 2.05) is 6.92 Å². The van der Waals surface area contributed by atoms with E-state index >= 15 is 0 Å². The van der Waals surface area contributed by atoms with Crippen LogP contribution in [0.1, 0.15) is 27.2 Å². The zero-order valence-electron chi connectivity index (χ0n) is 8.92. The van der Waals surface area contributed by atoms with Crippen LogP contribution in [0.4, 0.5) is 0 Å². The lowest BCUT2D eigenvalue weighted by atomic mass is 9.96. The quantitative estimate of drug-likeness (QED) is 0.709. The summed E-state index contributed by atoms with van der Waals surface area (Å²) in [6.07, 6.45) is 0.748. The lowest BCUT2D eigenvalue weighted by Gasteiger charge is -2.31. The van der Waals surface area contributed by atoms with Crippen molar-refractivity contribution >= 4 is 0 Å². The van der Waals surface area contributed by atoms with Gasteiger partial charge >= 0.3 is 0 Å². The lowest BCUT2D eigenvalue weighted by Crippen LogP contribution is -2.47. The Balaban J connectivity index is 2.49. The maximum atomic E-state index is 10.2. The molecule has 2 atom stereocenters. The maximum Gasteiger partial charge on any atom is 0.105 e. The lowest BCUT2D eigenvalue weighted by molar-refractivity contribution is -0.0474. The Bertz CT molecular complexity index is 159. The first-order valence-electron chi connectivity index (χ1n) is 5.18. The van der Waals surface area contributed by atoms with Crippen molar-refractivity contribution in [2.24, 2.45) is 0 Å². The molecule has 3 heteroatoms. The molecule has 0 amide bonds. The van der Waals surface area contributed by atoms with Gasteiger partial charge in [0.15, 0.2) is 0 Å². The van der Waals surface area contributed by atoms with Gasteiger partial charge in [-0.2, -0.15) is 0 Å². The molecule has 0 saturated carbocycles. The highest BCUT2D eigenvalue weighted by molar-refractivity contribution is 4.92. The van der Waals surface area contributed by atoms with Gasteiger partial charge in [-0.3, -0.25) is 0 Å². The van der Waals surface area contributed by atoms with Crippen LogP contribution in [0.3, 0.4) is 0 Å². The average Bonchev–Trinajstić information content (AvgIpc) is 2.44. The third-order valence-corrected chi connectivity index (χ3v) is 3.05. The van der Waals surface area contributed by atoms with Crippen LogP contribution in [-0.4, -0.2) is 48.0 Å². The van der Waals surface area contributed by atoms with E-state index in [4.69, 9.17) is 4.74 Å². The molecule has 1 aliphatic heterocycles. The minimum atomic E-state index is -0.619. The Morgan fingerprint density at radius 2 is 2.08 bits per heavy atom. The summed E-state index contributed by atoms with van der Waals surface area (Å²) in [6, 6.07) is 0. The van der Waals surface area contributed by atoms with Gasteiger partial charge in [0, 0.05) is 19.6 Å². The number of likely N-dealkylation sites (N-methyl/N-ethyl adjacent to an activating group) is 1. The number of ether oxygens (including phenoxy) is 1. The van der Waals surface area contributed by atoms with Gasteiger partial charge < -0.3 is 14.7 Å². The smallest absolute Gasteiger partial charge is 0.105 e. The van der Waals surface area contributed by atoms with E-state index in [1.54, 1.807) is 0 Å². The third kappa shape index (κ3) is 2.42. The van der Waals surface area contributed by atoms with Crippen molar-refractivity contribution in [3.8, 4) is 0 Å². The van der Waals surface area contributed by atoms with E-state index < -0.39 is 5.60 Å². The molecule has 0 bridgehead atoms. The van der Waals surface area contributed by atoms with E-state index in [1.165, 1.54) is 0 Å². The molecule has 1 rings (SSSR count). The fraction of sp³-hybridized carbons (Fsp3) is 1.00. The standard InChI is InChI=1S/C10H21NO2/c1-4-11(5-2)8-10(12)6-7-13-9(10)3/h9,12H,4-8H2,1-3H3. The van der Waals surface area contributed by atoms with Crippen LogP contribution >= 0.6 is 0 Å². The van der Waals surface area contributed by atoms with Crippen LogP contribution in [0.25, 0.3) is 0 Å². The van der Waals surface area contributed by atoms with Gasteiger partial charge in [0.2, 0.25) is 0 Å². The molecule has 0 radical (unpaired) electrons. The van der Waals surface area contributed by atoms with Crippen molar-refractivity contribution in [3.05, 3.63) is 0 Å². The second-order valence-corrected chi connectivity index (χ2v) is 3.83. The second kappa shape index (κ2) is 4.40. The van der Waals surface area contributed by atoms with Crippen LogP contribution in [0.5, 0.6) is 0 Å². The second-order valence-electron chi connectivity index (χ2n) is 3.83. The molecule has 0 aliphatic carbocycles. The van der Waals surface area contributed by atoms with Crippen molar-refractivity contribution in [2.45, 2.75) is 38.9 Å². The van der Waals surface area contributed by atoms with Crippen LogP contribution in [0.15, 0.2) is 0 Å². The van der Waals surface area contributed by atoms with E-state index in [0.717, 1.165) is 26.1 Å². The summed E-state index contributed by atoms with van der Waals surface area (Å²) in [5.41, 5.74) is -0.619. The van der Waals surface area contributed by atoms with Crippen LogP contribution in [0.2, 0.25) is 0 Å². The first-order chi connectivity index (χ1) is 6.12. The number of nitrogens with zero attached hydrogens (tertiary/aromatic N) is 1. The number of hydrogen-bond acceptors (Lipinski definition) is 3. The largest absolute Gasteiger partial charge is 0.386 e.